The molecule has 0 radical (unpaired) electrons. The number of carbonyl (C=O) groups is 2. The minimum absolute atomic E-state index is 0.0811. The summed E-state index contributed by atoms with van der Waals surface area (Å²) >= 11 is 6.24. The molecule has 1 N–H and O–H groups in total. The van der Waals surface area contributed by atoms with Gasteiger partial charge in [-0.05, 0) is 55.2 Å². The quantitative estimate of drug-likeness (QED) is 0.565. The van der Waals surface area contributed by atoms with E-state index >= 15 is 0 Å². The highest BCUT2D eigenvalue weighted by Crippen LogP contribution is 2.30. The number of nitrogens with zero attached hydrogens (tertiary/aromatic N) is 3. The number of piperidine rings is 1. The second kappa shape index (κ2) is 9.79. The van der Waals surface area contributed by atoms with E-state index in [0.29, 0.717) is 48.9 Å². The van der Waals surface area contributed by atoms with Crippen molar-refractivity contribution in [3.63, 3.8) is 0 Å². The van der Waals surface area contributed by atoms with Crippen LogP contribution in [0.5, 0.6) is 0 Å². The van der Waals surface area contributed by atoms with Crippen LogP contribution in [0.1, 0.15) is 46.3 Å². The molecule has 1 fully saturated rings. The molecule has 1 saturated heterocycles. The summed E-state index contributed by atoms with van der Waals surface area (Å²) in [6.45, 7) is 3.65. The number of benzene rings is 2. The number of likely N-dealkylation sites (tertiary alicyclic amines) is 1. The number of rotatable bonds is 4. The predicted octanol–water partition coefficient (Wildman–Crippen LogP) is 4.75. The highest BCUT2D eigenvalue weighted by atomic mass is 35.5. The van der Waals surface area contributed by atoms with Gasteiger partial charge in [0, 0.05) is 19.0 Å². The smallest absolute Gasteiger partial charge is 0.274 e. The summed E-state index contributed by atoms with van der Waals surface area (Å²) in [5, 5.41) is 3.43. The summed E-state index contributed by atoms with van der Waals surface area (Å²) in [6, 6.07) is 11.8. The Morgan fingerprint density at radius 1 is 1.14 bits per heavy atom. The number of halogens is 2. The van der Waals surface area contributed by atoms with E-state index in [9.17, 15) is 14.0 Å². The lowest BCUT2D eigenvalue weighted by Gasteiger charge is -2.31. The Morgan fingerprint density at radius 2 is 1.89 bits per heavy atom. The van der Waals surface area contributed by atoms with E-state index in [1.54, 1.807) is 29.4 Å². The van der Waals surface area contributed by atoms with Crippen molar-refractivity contribution in [1.29, 1.82) is 0 Å². The molecule has 2 amide bonds. The van der Waals surface area contributed by atoms with Gasteiger partial charge in [-0.15, -0.1) is 0 Å². The number of hydrogen-bond acceptors (Lipinski definition) is 4. The van der Waals surface area contributed by atoms with Crippen molar-refractivity contribution in [3.8, 4) is 0 Å². The van der Waals surface area contributed by atoms with Crippen molar-refractivity contribution in [2.75, 3.05) is 18.4 Å². The predicted molar refractivity (Wildman–Crippen MR) is 130 cm³/mol. The molecule has 182 valence electrons. The van der Waals surface area contributed by atoms with Gasteiger partial charge in [-0.3, -0.25) is 9.59 Å². The van der Waals surface area contributed by atoms with E-state index in [-0.39, 0.29) is 36.3 Å². The minimum Gasteiger partial charge on any atom is -0.365 e. The van der Waals surface area contributed by atoms with Gasteiger partial charge in [-0.2, -0.15) is 0 Å². The molecule has 3 aromatic rings. The molecule has 1 unspecified atom stereocenters. The zero-order valence-corrected chi connectivity index (χ0v) is 20.1. The first-order valence-electron chi connectivity index (χ1n) is 11.7. The van der Waals surface area contributed by atoms with Crippen LogP contribution in [0.25, 0.3) is 0 Å². The molecule has 0 aliphatic carbocycles. The number of aryl methyl sites for hydroxylation is 1. The number of hydrogen-bond donors (Lipinski definition) is 1. The fourth-order valence-electron chi connectivity index (χ4n) is 4.64. The molecule has 0 saturated carbocycles. The normalized spacial score (nSPS) is 18.3. The maximum absolute atomic E-state index is 13.2. The van der Waals surface area contributed by atoms with Crippen molar-refractivity contribution >= 4 is 29.1 Å². The van der Waals surface area contributed by atoms with Crippen LogP contribution in [0.4, 0.5) is 10.1 Å². The van der Waals surface area contributed by atoms with E-state index in [0.717, 1.165) is 16.8 Å². The first-order chi connectivity index (χ1) is 16.9. The lowest BCUT2D eigenvalue weighted by atomic mass is 9.95. The third-order valence-corrected chi connectivity index (χ3v) is 7.02. The van der Waals surface area contributed by atoms with Crippen LogP contribution in [0, 0.1) is 18.7 Å². The average Bonchev–Trinajstić information content (AvgIpc) is 3.29. The van der Waals surface area contributed by atoms with E-state index in [1.807, 2.05) is 23.6 Å². The molecule has 7 nitrogen and oxygen atoms in total. The van der Waals surface area contributed by atoms with E-state index in [2.05, 4.69) is 10.3 Å². The van der Waals surface area contributed by atoms with Crippen LogP contribution in [0.3, 0.4) is 0 Å². The molecule has 0 spiro atoms. The van der Waals surface area contributed by atoms with Crippen molar-refractivity contribution in [3.05, 3.63) is 82.1 Å². The van der Waals surface area contributed by atoms with Crippen LogP contribution >= 0.6 is 11.6 Å². The lowest BCUT2D eigenvalue weighted by Crippen LogP contribution is -2.42. The van der Waals surface area contributed by atoms with Crippen LogP contribution in [0.15, 0.2) is 48.8 Å². The summed E-state index contributed by atoms with van der Waals surface area (Å²) < 4.78 is 21.1. The maximum Gasteiger partial charge on any atom is 0.274 e. The zero-order valence-electron chi connectivity index (χ0n) is 19.3. The Hall–Kier alpha value is -3.23. The molecule has 9 heteroatoms. The molecule has 3 heterocycles. The number of fused-ring (bicyclic) bond motifs is 1. The molecule has 2 aliphatic heterocycles. The second-order valence-corrected chi connectivity index (χ2v) is 9.49. The summed E-state index contributed by atoms with van der Waals surface area (Å²) in [5.74, 6) is -0.710. The Morgan fingerprint density at radius 3 is 2.60 bits per heavy atom. The van der Waals surface area contributed by atoms with Crippen molar-refractivity contribution in [2.24, 2.45) is 5.92 Å². The number of amides is 2. The van der Waals surface area contributed by atoms with E-state index in [4.69, 9.17) is 16.3 Å². The van der Waals surface area contributed by atoms with Gasteiger partial charge in [0.05, 0.1) is 35.9 Å². The van der Waals surface area contributed by atoms with E-state index < -0.39 is 0 Å². The monoisotopic (exact) mass is 496 g/mol. The summed E-state index contributed by atoms with van der Waals surface area (Å²) in [6.07, 6.45) is 2.57. The Balaban J connectivity index is 1.19. The lowest BCUT2D eigenvalue weighted by molar-refractivity contribution is -0.121. The Labute approximate surface area is 207 Å². The number of ether oxygens (including phenoxy) is 1. The molecule has 1 aromatic heterocycles. The molecule has 0 bridgehead atoms. The zero-order chi connectivity index (χ0) is 24.5. The molecule has 1 atom stereocenters. The van der Waals surface area contributed by atoms with Crippen LogP contribution < -0.4 is 5.32 Å². The van der Waals surface area contributed by atoms with Gasteiger partial charge in [0.25, 0.3) is 5.91 Å². The number of imidazole rings is 1. The number of anilines is 1. The largest absolute Gasteiger partial charge is 0.365 e. The Kier molecular flexibility index (Phi) is 6.58. The molecule has 5 rings (SSSR count). The standard InChI is InChI=1S/C26H26ClFN4O3/c1-16-2-7-21(20(27)12-16)30-25(33)18-8-10-31(11-9-18)26(34)24-22-14-35-23(13-32(22)15-29-24)17-3-5-19(28)6-4-17/h2-7,12,15,18,23H,8-11,13-14H2,1H3,(H,30,33). The third-order valence-electron chi connectivity index (χ3n) is 6.71. The van der Waals surface area contributed by atoms with Crippen LogP contribution in [-0.4, -0.2) is 39.4 Å². The first kappa shape index (κ1) is 23.5. The average molecular weight is 497 g/mol. The topological polar surface area (TPSA) is 76.5 Å². The molecule has 35 heavy (non-hydrogen) atoms. The van der Waals surface area contributed by atoms with Gasteiger partial charge in [-0.1, -0.05) is 29.8 Å². The Bertz CT molecular complexity index is 1250. The summed E-state index contributed by atoms with van der Waals surface area (Å²) in [5.41, 5.74) is 3.63. The van der Waals surface area contributed by atoms with Crippen molar-refractivity contribution in [1.82, 2.24) is 14.5 Å². The minimum atomic E-state index is -0.291. The maximum atomic E-state index is 13.2. The fourth-order valence-corrected chi connectivity index (χ4v) is 4.92. The highest BCUT2D eigenvalue weighted by molar-refractivity contribution is 6.33. The van der Waals surface area contributed by atoms with Crippen LogP contribution in [-0.2, 0) is 22.7 Å². The van der Waals surface area contributed by atoms with Gasteiger partial charge in [0.15, 0.2) is 5.69 Å². The van der Waals surface area contributed by atoms with Gasteiger partial charge in [-0.25, -0.2) is 9.37 Å². The molecule has 2 aromatic carbocycles. The highest BCUT2D eigenvalue weighted by Gasteiger charge is 2.32. The third kappa shape index (κ3) is 4.94. The number of aromatic nitrogens is 2. The van der Waals surface area contributed by atoms with Gasteiger partial charge < -0.3 is 19.5 Å². The SMILES string of the molecule is Cc1ccc(NC(=O)C2CCN(C(=O)c3ncn4c3COC(c3ccc(F)cc3)C4)CC2)c(Cl)c1. The number of carbonyl (C=O) groups excluding carboxylic acids is 2. The molecule has 2 aliphatic rings. The van der Waals surface area contributed by atoms with Crippen molar-refractivity contribution < 1.29 is 18.7 Å². The molecular formula is C26H26ClFN4O3. The number of nitrogens with one attached hydrogen (secondary N) is 1. The van der Waals surface area contributed by atoms with Gasteiger partial charge >= 0.3 is 0 Å². The fraction of sp³-hybridized carbons (Fsp3) is 0.346. The second-order valence-electron chi connectivity index (χ2n) is 9.08. The van der Waals surface area contributed by atoms with Gasteiger partial charge in [0.1, 0.15) is 11.9 Å². The van der Waals surface area contributed by atoms with Crippen molar-refractivity contribution in [2.45, 2.75) is 39.0 Å². The van der Waals surface area contributed by atoms with E-state index in [1.165, 1.54) is 12.1 Å². The molecular weight excluding hydrogens is 471 g/mol. The summed E-state index contributed by atoms with van der Waals surface area (Å²) in [7, 11) is 0. The van der Waals surface area contributed by atoms with Gasteiger partial charge in [0.2, 0.25) is 5.91 Å². The van der Waals surface area contributed by atoms with Crippen LogP contribution in [0.2, 0.25) is 5.02 Å². The first-order valence-corrected chi connectivity index (χ1v) is 12.0. The summed E-state index contributed by atoms with van der Waals surface area (Å²) in [4.78, 5) is 32.1.